The van der Waals surface area contributed by atoms with Gasteiger partial charge in [0.15, 0.2) is 0 Å². The van der Waals surface area contributed by atoms with Gasteiger partial charge < -0.3 is 15.2 Å². The minimum absolute atomic E-state index is 0.0433. The summed E-state index contributed by atoms with van der Waals surface area (Å²) in [6.07, 6.45) is 2.07. The number of nitrogens with one attached hydrogen (secondary N) is 1. The Bertz CT molecular complexity index is 772. The summed E-state index contributed by atoms with van der Waals surface area (Å²) in [6, 6.07) is 14.1. The Balaban J connectivity index is 1.87. The van der Waals surface area contributed by atoms with Crippen molar-refractivity contribution in [3.8, 4) is 0 Å². The minimum atomic E-state index is -0.900. The van der Waals surface area contributed by atoms with E-state index in [9.17, 15) is 9.90 Å². The van der Waals surface area contributed by atoms with Crippen LogP contribution < -0.4 is 5.32 Å². The number of rotatable bonds is 2. The lowest BCUT2D eigenvalue weighted by atomic mass is 9.76. The second-order valence-electron chi connectivity index (χ2n) is 6.71. The molecule has 1 saturated heterocycles. The Morgan fingerprint density at radius 3 is 2.79 bits per heavy atom. The van der Waals surface area contributed by atoms with Crippen LogP contribution in [0.25, 0.3) is 0 Å². The van der Waals surface area contributed by atoms with Crippen LogP contribution in [0.3, 0.4) is 0 Å². The van der Waals surface area contributed by atoms with Gasteiger partial charge in [0.2, 0.25) is 0 Å². The summed E-state index contributed by atoms with van der Waals surface area (Å²) in [6.45, 7) is 2.67. The van der Waals surface area contributed by atoms with Crippen molar-refractivity contribution in [2.24, 2.45) is 5.92 Å². The molecule has 0 amide bonds. The molecule has 0 aromatic heterocycles. The molecule has 0 unspecified atom stereocenters. The van der Waals surface area contributed by atoms with Gasteiger partial charge in [-0.05, 0) is 37.0 Å². The van der Waals surface area contributed by atoms with Crippen LogP contribution >= 0.6 is 0 Å². The van der Waals surface area contributed by atoms with Crippen LogP contribution in [0.2, 0.25) is 0 Å². The van der Waals surface area contributed by atoms with Gasteiger partial charge in [0.25, 0.3) is 0 Å². The third kappa shape index (κ3) is 2.47. The van der Waals surface area contributed by atoms with E-state index in [0.717, 1.165) is 30.6 Å². The van der Waals surface area contributed by atoms with Crippen LogP contribution in [0.5, 0.6) is 0 Å². The summed E-state index contributed by atoms with van der Waals surface area (Å²) < 4.78 is 6.12. The number of carboxylic acids is 1. The molecule has 0 bridgehead atoms. The number of hydrogen-bond donors (Lipinski definition) is 2. The number of carboxylic acid groups (broad SMARTS) is 1. The fourth-order valence-corrected chi connectivity index (χ4v) is 4.09. The molecule has 2 aromatic rings. The highest BCUT2D eigenvalue weighted by Crippen LogP contribution is 2.50. The molecule has 2 aromatic carbocycles. The van der Waals surface area contributed by atoms with Crippen molar-refractivity contribution in [3.63, 3.8) is 0 Å². The minimum Gasteiger partial charge on any atom is -0.478 e. The predicted octanol–water partition coefficient (Wildman–Crippen LogP) is 4.33. The molecule has 0 saturated carbocycles. The Kier molecular flexibility index (Phi) is 3.77. The lowest BCUT2D eigenvalue weighted by molar-refractivity contribution is -0.0382. The first-order valence-electron chi connectivity index (χ1n) is 8.46. The van der Waals surface area contributed by atoms with Crippen LogP contribution in [-0.2, 0) is 4.74 Å². The van der Waals surface area contributed by atoms with Crippen molar-refractivity contribution >= 4 is 11.7 Å². The Hall–Kier alpha value is -2.33. The number of benzene rings is 2. The van der Waals surface area contributed by atoms with Crippen molar-refractivity contribution in [3.05, 3.63) is 64.7 Å². The molecule has 1 fully saturated rings. The van der Waals surface area contributed by atoms with Gasteiger partial charge in [-0.25, -0.2) is 4.79 Å². The summed E-state index contributed by atoms with van der Waals surface area (Å²) >= 11 is 0. The number of fused-ring (bicyclic) bond motifs is 3. The second kappa shape index (κ2) is 5.95. The lowest BCUT2D eigenvalue weighted by Gasteiger charge is -2.44. The van der Waals surface area contributed by atoms with Gasteiger partial charge in [-0.2, -0.15) is 0 Å². The molecule has 24 heavy (non-hydrogen) atoms. The van der Waals surface area contributed by atoms with Crippen LogP contribution in [0, 0.1) is 12.8 Å². The molecule has 4 heteroatoms. The molecule has 0 aliphatic carbocycles. The maximum Gasteiger partial charge on any atom is 0.337 e. The molecule has 3 atom stereocenters. The molecule has 2 N–H and O–H groups in total. The van der Waals surface area contributed by atoms with E-state index in [4.69, 9.17) is 4.74 Å². The van der Waals surface area contributed by atoms with Gasteiger partial charge in [-0.1, -0.05) is 36.4 Å². The maximum atomic E-state index is 11.7. The standard InChI is InChI=1S/C20H21NO3/c1-12-10-15-18(16(11-12)20(22)23)21-17(13-6-3-2-4-7-13)14-8-5-9-24-19(14)15/h2-4,6-7,10-11,14,17,19,21H,5,8-9H2,1H3,(H,22,23)/t14-,17-,19-/m0/s1. The molecule has 2 aliphatic rings. The van der Waals surface area contributed by atoms with Gasteiger partial charge in [-0.3, -0.25) is 0 Å². The third-order valence-corrected chi connectivity index (χ3v) is 5.10. The summed E-state index contributed by atoms with van der Waals surface area (Å²) in [5.41, 5.74) is 4.17. The van der Waals surface area contributed by atoms with E-state index in [0.29, 0.717) is 17.2 Å². The van der Waals surface area contributed by atoms with Crippen molar-refractivity contribution in [2.45, 2.75) is 31.9 Å². The summed E-state index contributed by atoms with van der Waals surface area (Å²) in [5, 5.41) is 13.2. The van der Waals surface area contributed by atoms with Crippen molar-refractivity contribution in [1.29, 1.82) is 0 Å². The van der Waals surface area contributed by atoms with E-state index < -0.39 is 5.97 Å². The van der Waals surface area contributed by atoms with Crippen molar-refractivity contribution in [2.75, 3.05) is 11.9 Å². The fraction of sp³-hybridized carbons (Fsp3) is 0.350. The number of ether oxygens (including phenoxy) is 1. The molecular formula is C20H21NO3. The van der Waals surface area contributed by atoms with E-state index in [1.165, 1.54) is 5.56 Å². The number of hydrogen-bond acceptors (Lipinski definition) is 3. The highest BCUT2D eigenvalue weighted by molar-refractivity contribution is 5.96. The van der Waals surface area contributed by atoms with Crippen molar-refractivity contribution in [1.82, 2.24) is 0 Å². The summed E-state index contributed by atoms with van der Waals surface area (Å²) in [5.74, 6) is -0.583. The van der Waals surface area contributed by atoms with Gasteiger partial charge >= 0.3 is 5.97 Å². The van der Waals surface area contributed by atoms with E-state index in [1.54, 1.807) is 6.07 Å². The van der Waals surface area contributed by atoms with Gasteiger partial charge in [0.1, 0.15) is 0 Å². The maximum absolute atomic E-state index is 11.7. The molecule has 4 nitrogen and oxygen atoms in total. The van der Waals surface area contributed by atoms with Crippen LogP contribution in [0.1, 0.15) is 52.0 Å². The number of aromatic carboxylic acids is 1. The number of anilines is 1. The first-order chi connectivity index (χ1) is 11.6. The van der Waals surface area contributed by atoms with Gasteiger partial charge in [-0.15, -0.1) is 0 Å². The predicted molar refractivity (Wildman–Crippen MR) is 92.4 cm³/mol. The summed E-state index contributed by atoms with van der Waals surface area (Å²) in [7, 11) is 0. The highest BCUT2D eigenvalue weighted by atomic mass is 16.5. The van der Waals surface area contributed by atoms with E-state index in [1.807, 2.05) is 25.1 Å². The topological polar surface area (TPSA) is 58.6 Å². The number of carbonyl (C=O) groups is 1. The Morgan fingerprint density at radius 2 is 2.04 bits per heavy atom. The van der Waals surface area contributed by atoms with E-state index >= 15 is 0 Å². The molecule has 4 rings (SSSR count). The quantitative estimate of drug-likeness (QED) is 0.864. The third-order valence-electron chi connectivity index (χ3n) is 5.10. The zero-order valence-corrected chi connectivity index (χ0v) is 13.7. The first kappa shape index (κ1) is 15.2. The van der Waals surface area contributed by atoms with Crippen LogP contribution in [0.15, 0.2) is 42.5 Å². The van der Waals surface area contributed by atoms with Crippen LogP contribution in [-0.4, -0.2) is 17.7 Å². The average Bonchev–Trinajstić information content (AvgIpc) is 2.61. The Labute approximate surface area is 141 Å². The fourth-order valence-electron chi connectivity index (χ4n) is 4.09. The van der Waals surface area contributed by atoms with E-state index in [2.05, 4.69) is 23.5 Å². The zero-order valence-electron chi connectivity index (χ0n) is 13.7. The van der Waals surface area contributed by atoms with E-state index in [-0.39, 0.29) is 12.1 Å². The van der Waals surface area contributed by atoms with Crippen LogP contribution in [0.4, 0.5) is 5.69 Å². The van der Waals surface area contributed by atoms with Crippen molar-refractivity contribution < 1.29 is 14.6 Å². The smallest absolute Gasteiger partial charge is 0.337 e. The zero-order chi connectivity index (χ0) is 16.7. The normalized spacial score (nSPS) is 25.3. The molecule has 0 spiro atoms. The SMILES string of the molecule is Cc1cc(C(=O)O)c2c(c1)[C@H]1OCCC[C@H]1[C@H](c1ccccc1)N2. The molecule has 2 heterocycles. The lowest BCUT2D eigenvalue weighted by Crippen LogP contribution is -2.36. The number of aryl methyl sites for hydroxylation is 1. The average molecular weight is 323 g/mol. The molecule has 2 aliphatic heterocycles. The largest absolute Gasteiger partial charge is 0.478 e. The molecule has 0 radical (unpaired) electrons. The molecule has 124 valence electrons. The molecular weight excluding hydrogens is 302 g/mol. The highest BCUT2D eigenvalue weighted by Gasteiger charge is 2.41. The first-order valence-corrected chi connectivity index (χ1v) is 8.46. The monoisotopic (exact) mass is 323 g/mol. The van der Waals surface area contributed by atoms with Gasteiger partial charge in [0, 0.05) is 18.1 Å². The Morgan fingerprint density at radius 1 is 1.25 bits per heavy atom. The second-order valence-corrected chi connectivity index (χ2v) is 6.71. The summed E-state index contributed by atoms with van der Waals surface area (Å²) in [4.78, 5) is 11.7. The van der Waals surface area contributed by atoms with Gasteiger partial charge in [0.05, 0.1) is 23.4 Å².